The molecule has 0 bridgehead atoms. The van der Waals surface area contributed by atoms with Crippen molar-refractivity contribution in [3.63, 3.8) is 0 Å². The van der Waals surface area contributed by atoms with Crippen LogP contribution in [0.1, 0.15) is 19.4 Å². The first kappa shape index (κ1) is 15.3. The molecule has 0 aliphatic rings. The maximum absolute atomic E-state index is 6.17. The number of hydrogen-bond donors (Lipinski definition) is 1. The highest BCUT2D eigenvalue weighted by Gasteiger charge is 2.07. The molecule has 1 aromatic rings. The van der Waals surface area contributed by atoms with Crippen molar-refractivity contribution in [2.75, 3.05) is 33.3 Å². The van der Waals surface area contributed by atoms with E-state index in [0.717, 1.165) is 49.1 Å². The minimum atomic E-state index is 0.740. The number of rotatable bonds is 8. The van der Waals surface area contributed by atoms with E-state index in [2.05, 4.69) is 24.1 Å². The predicted molar refractivity (Wildman–Crippen MR) is 77.5 cm³/mol. The van der Waals surface area contributed by atoms with Crippen molar-refractivity contribution in [2.24, 2.45) is 0 Å². The zero-order chi connectivity index (χ0) is 13.4. The highest BCUT2D eigenvalue weighted by atomic mass is 35.5. The highest BCUT2D eigenvalue weighted by molar-refractivity contribution is 6.31. The average molecular weight is 271 g/mol. The van der Waals surface area contributed by atoms with Gasteiger partial charge in [-0.3, -0.25) is 0 Å². The van der Waals surface area contributed by atoms with Gasteiger partial charge in [0.05, 0.1) is 7.11 Å². The number of benzene rings is 1. The van der Waals surface area contributed by atoms with E-state index in [4.69, 9.17) is 16.3 Å². The summed E-state index contributed by atoms with van der Waals surface area (Å²) in [6, 6.07) is 5.74. The molecule has 4 heteroatoms. The molecule has 0 aliphatic carbocycles. The fourth-order valence-electron chi connectivity index (χ4n) is 1.89. The number of nitrogens with zero attached hydrogens (tertiary/aromatic N) is 1. The minimum absolute atomic E-state index is 0.740. The molecule has 0 fully saturated rings. The van der Waals surface area contributed by atoms with Gasteiger partial charge in [-0.25, -0.2) is 0 Å². The summed E-state index contributed by atoms with van der Waals surface area (Å²) in [5, 5.41) is 4.16. The van der Waals surface area contributed by atoms with Crippen molar-refractivity contribution >= 4 is 11.6 Å². The van der Waals surface area contributed by atoms with Crippen LogP contribution in [0.3, 0.4) is 0 Å². The van der Waals surface area contributed by atoms with E-state index < -0.39 is 0 Å². The number of nitrogens with one attached hydrogen (secondary N) is 1. The van der Waals surface area contributed by atoms with Crippen LogP contribution < -0.4 is 10.1 Å². The summed E-state index contributed by atoms with van der Waals surface area (Å²) in [6.45, 7) is 9.29. The van der Waals surface area contributed by atoms with Crippen LogP contribution in [-0.2, 0) is 6.54 Å². The Morgan fingerprint density at radius 3 is 2.61 bits per heavy atom. The lowest BCUT2D eigenvalue weighted by molar-refractivity contribution is 0.302. The average Bonchev–Trinajstić information content (AvgIpc) is 2.40. The second kappa shape index (κ2) is 8.35. The van der Waals surface area contributed by atoms with Gasteiger partial charge in [-0.05, 0) is 25.2 Å². The highest BCUT2D eigenvalue weighted by Crippen LogP contribution is 2.25. The van der Waals surface area contributed by atoms with Gasteiger partial charge in [-0.2, -0.15) is 0 Å². The number of methoxy groups -OCH3 is 1. The van der Waals surface area contributed by atoms with Gasteiger partial charge in [0.25, 0.3) is 0 Å². The van der Waals surface area contributed by atoms with Crippen molar-refractivity contribution in [1.29, 1.82) is 0 Å². The Bertz CT molecular complexity index is 354. The Morgan fingerprint density at radius 2 is 2.00 bits per heavy atom. The first-order valence-electron chi connectivity index (χ1n) is 6.47. The zero-order valence-electron chi connectivity index (χ0n) is 11.5. The summed E-state index contributed by atoms with van der Waals surface area (Å²) in [6.07, 6.45) is 0. The van der Waals surface area contributed by atoms with E-state index in [1.807, 2.05) is 18.2 Å². The largest absolute Gasteiger partial charge is 0.496 e. The van der Waals surface area contributed by atoms with Gasteiger partial charge >= 0.3 is 0 Å². The van der Waals surface area contributed by atoms with Gasteiger partial charge < -0.3 is 15.0 Å². The van der Waals surface area contributed by atoms with Crippen LogP contribution in [0.15, 0.2) is 18.2 Å². The third-order valence-electron chi connectivity index (χ3n) is 3.10. The van der Waals surface area contributed by atoms with Crippen LogP contribution in [0.25, 0.3) is 0 Å². The van der Waals surface area contributed by atoms with Gasteiger partial charge in [-0.1, -0.05) is 31.5 Å². The maximum Gasteiger partial charge on any atom is 0.124 e. The topological polar surface area (TPSA) is 24.5 Å². The first-order chi connectivity index (χ1) is 8.72. The lowest BCUT2D eigenvalue weighted by atomic mass is 10.2. The SMILES string of the molecule is CCN(CC)CCNCc1c(Cl)cccc1OC. The number of hydrogen-bond acceptors (Lipinski definition) is 3. The summed E-state index contributed by atoms with van der Waals surface area (Å²) < 4.78 is 5.31. The second-order valence-electron chi connectivity index (χ2n) is 4.12. The molecule has 0 heterocycles. The first-order valence-corrected chi connectivity index (χ1v) is 6.85. The Balaban J connectivity index is 2.44. The normalized spacial score (nSPS) is 10.9. The van der Waals surface area contributed by atoms with Crippen LogP contribution >= 0.6 is 11.6 Å². The summed E-state index contributed by atoms with van der Waals surface area (Å²) in [7, 11) is 1.67. The summed E-state index contributed by atoms with van der Waals surface area (Å²) >= 11 is 6.17. The molecule has 0 saturated heterocycles. The Kier molecular flexibility index (Phi) is 7.09. The van der Waals surface area contributed by atoms with Gasteiger partial charge in [-0.15, -0.1) is 0 Å². The molecule has 0 aliphatic heterocycles. The van der Waals surface area contributed by atoms with E-state index in [1.54, 1.807) is 7.11 Å². The molecule has 0 saturated carbocycles. The molecule has 0 spiro atoms. The van der Waals surface area contributed by atoms with E-state index in [9.17, 15) is 0 Å². The fourth-order valence-corrected chi connectivity index (χ4v) is 2.12. The summed E-state index contributed by atoms with van der Waals surface area (Å²) in [5.74, 6) is 0.845. The monoisotopic (exact) mass is 270 g/mol. The van der Waals surface area contributed by atoms with Gasteiger partial charge in [0.2, 0.25) is 0 Å². The van der Waals surface area contributed by atoms with E-state index in [1.165, 1.54) is 0 Å². The zero-order valence-corrected chi connectivity index (χ0v) is 12.3. The van der Waals surface area contributed by atoms with Gasteiger partial charge in [0.15, 0.2) is 0 Å². The Labute approximate surface area is 115 Å². The molecule has 0 unspecified atom stereocenters. The van der Waals surface area contributed by atoms with Gasteiger partial charge in [0.1, 0.15) is 5.75 Å². The number of ether oxygens (including phenoxy) is 1. The Hall–Kier alpha value is -0.770. The molecule has 3 nitrogen and oxygen atoms in total. The molecule has 0 amide bonds. The van der Waals surface area contributed by atoms with Crippen LogP contribution in [0.2, 0.25) is 5.02 Å². The smallest absolute Gasteiger partial charge is 0.124 e. The minimum Gasteiger partial charge on any atom is -0.496 e. The number of halogens is 1. The van der Waals surface area contributed by atoms with Gasteiger partial charge in [0, 0.05) is 30.2 Å². The second-order valence-corrected chi connectivity index (χ2v) is 4.53. The van der Waals surface area contributed by atoms with Crippen molar-refractivity contribution in [2.45, 2.75) is 20.4 Å². The van der Waals surface area contributed by atoms with E-state index in [-0.39, 0.29) is 0 Å². The summed E-state index contributed by atoms with van der Waals surface area (Å²) in [4.78, 5) is 2.39. The Morgan fingerprint density at radius 1 is 1.28 bits per heavy atom. The van der Waals surface area contributed by atoms with Crippen molar-refractivity contribution < 1.29 is 4.74 Å². The molecule has 1 aromatic carbocycles. The molecule has 1 rings (SSSR count). The predicted octanol–water partition coefficient (Wildman–Crippen LogP) is 2.78. The lowest BCUT2D eigenvalue weighted by Gasteiger charge is -2.18. The van der Waals surface area contributed by atoms with Crippen molar-refractivity contribution in [1.82, 2.24) is 10.2 Å². The van der Waals surface area contributed by atoms with Crippen LogP contribution in [0.5, 0.6) is 5.75 Å². The van der Waals surface area contributed by atoms with Crippen LogP contribution in [0, 0.1) is 0 Å². The molecule has 102 valence electrons. The van der Waals surface area contributed by atoms with Crippen molar-refractivity contribution in [3.05, 3.63) is 28.8 Å². The van der Waals surface area contributed by atoms with Crippen LogP contribution in [-0.4, -0.2) is 38.2 Å². The lowest BCUT2D eigenvalue weighted by Crippen LogP contribution is -2.31. The molecule has 18 heavy (non-hydrogen) atoms. The molecule has 1 N–H and O–H groups in total. The summed E-state index contributed by atoms with van der Waals surface area (Å²) in [5.41, 5.74) is 1.03. The van der Waals surface area contributed by atoms with E-state index >= 15 is 0 Å². The van der Waals surface area contributed by atoms with Crippen LogP contribution in [0.4, 0.5) is 0 Å². The number of likely N-dealkylation sites (N-methyl/N-ethyl adjacent to an activating group) is 1. The van der Waals surface area contributed by atoms with E-state index in [0.29, 0.717) is 0 Å². The third-order valence-corrected chi connectivity index (χ3v) is 3.45. The standard InChI is InChI=1S/C14H23ClN2O/c1-4-17(5-2)10-9-16-11-12-13(15)7-6-8-14(12)18-3/h6-8,16H,4-5,9-11H2,1-3H3. The maximum atomic E-state index is 6.17. The quantitative estimate of drug-likeness (QED) is 0.735. The molecule has 0 atom stereocenters. The van der Waals surface area contributed by atoms with Crippen molar-refractivity contribution in [3.8, 4) is 5.75 Å². The molecule has 0 aromatic heterocycles. The molecular formula is C14H23ClN2O. The third kappa shape index (κ3) is 4.48. The fraction of sp³-hybridized carbons (Fsp3) is 0.571. The molecular weight excluding hydrogens is 248 g/mol. The molecule has 0 radical (unpaired) electrons.